The van der Waals surface area contributed by atoms with Crippen molar-refractivity contribution in [1.29, 1.82) is 0 Å². The molecule has 1 N–H and O–H groups in total. The minimum absolute atomic E-state index is 0.107. The fourth-order valence-corrected chi connectivity index (χ4v) is 1.69. The monoisotopic (exact) mass is 265 g/mol. The van der Waals surface area contributed by atoms with Gasteiger partial charge in [-0.3, -0.25) is 0 Å². The van der Waals surface area contributed by atoms with Crippen LogP contribution in [0.25, 0.3) is 0 Å². The Balaban J connectivity index is 2.65. The third-order valence-corrected chi connectivity index (χ3v) is 2.76. The van der Waals surface area contributed by atoms with Gasteiger partial charge in [0.25, 0.3) is 0 Å². The summed E-state index contributed by atoms with van der Waals surface area (Å²) in [4.78, 5) is 0. The third kappa shape index (κ3) is 5.97. The van der Waals surface area contributed by atoms with E-state index in [9.17, 15) is 0 Å². The second kappa shape index (κ2) is 7.39. The van der Waals surface area contributed by atoms with Crippen LogP contribution in [0.3, 0.4) is 0 Å². The standard InChI is InChI=1S/C16H27NO2/c1-6-13(12-17-16(3,4)5)19-15-11-9-8-10-14(15)18-7-2/h8-11,13,17H,6-7,12H2,1-5H3. The summed E-state index contributed by atoms with van der Waals surface area (Å²) in [6.07, 6.45) is 1.12. The topological polar surface area (TPSA) is 30.5 Å². The molecule has 0 radical (unpaired) electrons. The first kappa shape index (κ1) is 15.8. The summed E-state index contributed by atoms with van der Waals surface area (Å²) in [6.45, 7) is 12.1. The highest BCUT2D eigenvalue weighted by molar-refractivity contribution is 5.39. The Bertz CT molecular complexity index is 371. The van der Waals surface area contributed by atoms with E-state index in [1.54, 1.807) is 0 Å². The van der Waals surface area contributed by atoms with Crippen LogP contribution in [0.4, 0.5) is 0 Å². The van der Waals surface area contributed by atoms with Gasteiger partial charge in [0.15, 0.2) is 11.5 Å². The molecule has 108 valence electrons. The van der Waals surface area contributed by atoms with E-state index in [4.69, 9.17) is 9.47 Å². The Morgan fingerprint density at radius 3 is 2.26 bits per heavy atom. The fourth-order valence-electron chi connectivity index (χ4n) is 1.69. The molecule has 0 saturated carbocycles. The summed E-state index contributed by atoms with van der Waals surface area (Å²) in [6, 6.07) is 7.85. The van der Waals surface area contributed by atoms with Crippen molar-refractivity contribution in [1.82, 2.24) is 5.32 Å². The van der Waals surface area contributed by atoms with E-state index in [-0.39, 0.29) is 11.6 Å². The second-order valence-corrected chi connectivity index (χ2v) is 5.66. The maximum absolute atomic E-state index is 6.06. The minimum atomic E-state index is 0.107. The van der Waals surface area contributed by atoms with Crippen molar-refractivity contribution in [2.24, 2.45) is 0 Å². The summed E-state index contributed by atoms with van der Waals surface area (Å²) in [5, 5.41) is 3.48. The molecule has 0 heterocycles. The van der Waals surface area contributed by atoms with Gasteiger partial charge in [-0.1, -0.05) is 19.1 Å². The highest BCUT2D eigenvalue weighted by Gasteiger charge is 2.15. The van der Waals surface area contributed by atoms with Crippen LogP contribution in [-0.4, -0.2) is 24.8 Å². The van der Waals surface area contributed by atoms with Gasteiger partial charge in [-0.05, 0) is 46.2 Å². The van der Waals surface area contributed by atoms with Gasteiger partial charge in [-0.15, -0.1) is 0 Å². The molecule has 0 fully saturated rings. The molecular formula is C16H27NO2. The Labute approximate surface area is 117 Å². The van der Waals surface area contributed by atoms with Crippen LogP contribution in [0.2, 0.25) is 0 Å². The number of benzene rings is 1. The normalized spacial score (nSPS) is 13.1. The average molecular weight is 265 g/mol. The largest absolute Gasteiger partial charge is 0.490 e. The van der Waals surface area contributed by atoms with Gasteiger partial charge in [0.2, 0.25) is 0 Å². The van der Waals surface area contributed by atoms with Crippen LogP contribution in [0.5, 0.6) is 11.5 Å². The van der Waals surface area contributed by atoms with Gasteiger partial charge >= 0.3 is 0 Å². The number of hydrogen-bond donors (Lipinski definition) is 1. The lowest BCUT2D eigenvalue weighted by molar-refractivity contribution is 0.172. The zero-order valence-corrected chi connectivity index (χ0v) is 12.8. The summed E-state index contributed by atoms with van der Waals surface area (Å²) >= 11 is 0. The molecular weight excluding hydrogens is 238 g/mol. The predicted molar refractivity (Wildman–Crippen MR) is 80.1 cm³/mol. The second-order valence-electron chi connectivity index (χ2n) is 5.66. The number of rotatable bonds is 7. The van der Waals surface area contributed by atoms with E-state index in [1.165, 1.54) is 0 Å². The molecule has 1 aromatic rings. The Morgan fingerprint density at radius 1 is 1.11 bits per heavy atom. The molecule has 19 heavy (non-hydrogen) atoms. The summed E-state index contributed by atoms with van der Waals surface area (Å²) in [5.41, 5.74) is 0.107. The Hall–Kier alpha value is -1.22. The van der Waals surface area contributed by atoms with Gasteiger partial charge < -0.3 is 14.8 Å². The maximum atomic E-state index is 6.06. The summed E-state index contributed by atoms with van der Waals surface area (Å²) < 4.78 is 11.6. The van der Waals surface area contributed by atoms with Crippen LogP contribution >= 0.6 is 0 Å². The first-order valence-electron chi connectivity index (χ1n) is 7.09. The molecule has 0 spiro atoms. The highest BCUT2D eigenvalue weighted by Crippen LogP contribution is 2.27. The van der Waals surface area contributed by atoms with Crippen molar-refractivity contribution >= 4 is 0 Å². The van der Waals surface area contributed by atoms with E-state index in [0.717, 1.165) is 24.5 Å². The quantitative estimate of drug-likeness (QED) is 0.816. The van der Waals surface area contributed by atoms with Gasteiger partial charge in [0.05, 0.1) is 6.61 Å². The molecule has 1 unspecified atom stereocenters. The molecule has 1 rings (SSSR count). The lowest BCUT2D eigenvalue weighted by atomic mass is 10.1. The third-order valence-electron chi connectivity index (χ3n) is 2.76. The molecule has 3 heteroatoms. The lowest BCUT2D eigenvalue weighted by Gasteiger charge is -2.26. The first-order valence-corrected chi connectivity index (χ1v) is 7.09. The average Bonchev–Trinajstić information content (AvgIpc) is 2.35. The van der Waals surface area contributed by atoms with E-state index in [1.807, 2.05) is 31.2 Å². The highest BCUT2D eigenvalue weighted by atomic mass is 16.5. The van der Waals surface area contributed by atoms with Gasteiger partial charge in [0.1, 0.15) is 6.10 Å². The van der Waals surface area contributed by atoms with E-state index in [2.05, 4.69) is 33.0 Å². The number of nitrogens with one attached hydrogen (secondary N) is 1. The van der Waals surface area contributed by atoms with Crippen LogP contribution in [0, 0.1) is 0 Å². The van der Waals surface area contributed by atoms with Crippen LogP contribution in [-0.2, 0) is 0 Å². The van der Waals surface area contributed by atoms with Crippen LogP contribution in [0.15, 0.2) is 24.3 Å². The molecule has 0 aromatic heterocycles. The van der Waals surface area contributed by atoms with Crippen molar-refractivity contribution in [3.05, 3.63) is 24.3 Å². The van der Waals surface area contributed by atoms with Crippen molar-refractivity contribution in [2.75, 3.05) is 13.2 Å². The fraction of sp³-hybridized carbons (Fsp3) is 0.625. The van der Waals surface area contributed by atoms with E-state index >= 15 is 0 Å². The molecule has 0 bridgehead atoms. The Morgan fingerprint density at radius 2 is 1.74 bits per heavy atom. The van der Waals surface area contributed by atoms with Crippen molar-refractivity contribution in [3.63, 3.8) is 0 Å². The van der Waals surface area contributed by atoms with Crippen molar-refractivity contribution in [3.8, 4) is 11.5 Å². The molecule has 3 nitrogen and oxygen atoms in total. The lowest BCUT2D eigenvalue weighted by Crippen LogP contribution is -2.42. The molecule has 0 aliphatic heterocycles. The summed E-state index contributed by atoms with van der Waals surface area (Å²) in [5.74, 6) is 1.64. The first-order chi connectivity index (χ1) is 8.96. The van der Waals surface area contributed by atoms with Gasteiger partial charge in [-0.25, -0.2) is 0 Å². The van der Waals surface area contributed by atoms with E-state index in [0.29, 0.717) is 6.61 Å². The van der Waals surface area contributed by atoms with Crippen LogP contribution < -0.4 is 14.8 Å². The van der Waals surface area contributed by atoms with Crippen LogP contribution in [0.1, 0.15) is 41.0 Å². The zero-order chi connectivity index (χ0) is 14.3. The van der Waals surface area contributed by atoms with Gasteiger partial charge in [0, 0.05) is 12.1 Å². The molecule has 0 saturated heterocycles. The smallest absolute Gasteiger partial charge is 0.161 e. The number of ether oxygens (including phenoxy) is 2. The molecule has 0 amide bonds. The maximum Gasteiger partial charge on any atom is 0.161 e. The molecule has 0 aliphatic rings. The SMILES string of the molecule is CCOc1ccccc1OC(CC)CNC(C)(C)C. The zero-order valence-electron chi connectivity index (χ0n) is 12.8. The number of hydrogen-bond acceptors (Lipinski definition) is 3. The number of para-hydroxylation sites is 2. The molecule has 1 aromatic carbocycles. The molecule has 0 aliphatic carbocycles. The molecule has 1 atom stereocenters. The van der Waals surface area contributed by atoms with E-state index < -0.39 is 0 Å². The Kier molecular flexibility index (Phi) is 6.16. The minimum Gasteiger partial charge on any atom is -0.490 e. The summed E-state index contributed by atoms with van der Waals surface area (Å²) in [7, 11) is 0. The van der Waals surface area contributed by atoms with Crippen molar-refractivity contribution in [2.45, 2.75) is 52.7 Å². The predicted octanol–water partition coefficient (Wildman–Crippen LogP) is 3.63. The van der Waals surface area contributed by atoms with Crippen molar-refractivity contribution < 1.29 is 9.47 Å². The van der Waals surface area contributed by atoms with Gasteiger partial charge in [-0.2, -0.15) is 0 Å².